The Morgan fingerprint density at radius 3 is 2.50 bits per heavy atom. The fourth-order valence-corrected chi connectivity index (χ4v) is 1.94. The quantitative estimate of drug-likeness (QED) is 0.567. The molecular weight excluding hydrogens is 149 g/mol. The number of nitrogens with zero attached hydrogens (tertiary/aromatic N) is 1. The maximum Gasteiger partial charge on any atom is 0.215 e. The number of hydrogen-bond donors (Lipinski definition) is 0. The van der Waals surface area contributed by atoms with Gasteiger partial charge in [-0.3, -0.25) is 4.79 Å². The molecule has 0 aromatic carbocycles. The van der Waals surface area contributed by atoms with Crippen LogP contribution in [0.1, 0.15) is 32.6 Å². The topological polar surface area (TPSA) is 20.3 Å². The Labute approximate surface area is 75.7 Å². The lowest BCUT2D eigenvalue weighted by Gasteiger charge is -2.31. The summed E-state index contributed by atoms with van der Waals surface area (Å²) in [5.41, 5.74) is 0. The van der Waals surface area contributed by atoms with Crippen molar-refractivity contribution in [2.45, 2.75) is 32.6 Å². The molecule has 1 heterocycles. The molecule has 0 atom stereocenters. The van der Waals surface area contributed by atoms with Crippen LogP contribution in [0.15, 0.2) is 0 Å². The van der Waals surface area contributed by atoms with Crippen LogP contribution in [0.3, 0.4) is 0 Å². The van der Waals surface area contributed by atoms with E-state index in [1.807, 2.05) is 4.90 Å². The van der Waals surface area contributed by atoms with Gasteiger partial charge in [-0.1, -0.05) is 19.8 Å². The van der Waals surface area contributed by atoms with E-state index in [1.54, 1.807) is 7.85 Å². The van der Waals surface area contributed by atoms with Crippen molar-refractivity contribution in [3.8, 4) is 0 Å². The lowest BCUT2D eigenvalue weighted by Crippen LogP contribution is -2.37. The van der Waals surface area contributed by atoms with Gasteiger partial charge in [-0.15, -0.1) is 0 Å². The highest BCUT2D eigenvalue weighted by Crippen LogP contribution is 2.21. The molecule has 2 nitrogen and oxygen atoms in total. The molecular formula is C9H18BNO. The van der Waals surface area contributed by atoms with Crippen molar-refractivity contribution in [2.75, 3.05) is 13.1 Å². The predicted molar refractivity (Wildman–Crippen MR) is 53.1 cm³/mol. The van der Waals surface area contributed by atoms with E-state index < -0.39 is 0 Å². The zero-order valence-corrected chi connectivity index (χ0v) is 8.18. The first-order valence-electron chi connectivity index (χ1n) is 4.99. The summed E-state index contributed by atoms with van der Waals surface area (Å²) in [6.45, 7) is 4.21. The zero-order chi connectivity index (χ0) is 8.97. The summed E-state index contributed by atoms with van der Waals surface area (Å²) >= 11 is 0. The Morgan fingerprint density at radius 1 is 1.50 bits per heavy atom. The van der Waals surface area contributed by atoms with Gasteiger partial charge in [0.1, 0.15) is 0 Å². The molecule has 0 aromatic rings. The average Bonchev–Trinajstić information content (AvgIpc) is 2.06. The molecule has 0 saturated carbocycles. The van der Waals surface area contributed by atoms with Crippen molar-refractivity contribution < 1.29 is 4.79 Å². The Balaban J connectivity index is 2.25. The van der Waals surface area contributed by atoms with Gasteiger partial charge in [0.05, 0.1) is 0 Å². The molecule has 1 aliphatic heterocycles. The Bertz CT molecular complexity index is 153. The van der Waals surface area contributed by atoms with Crippen molar-refractivity contribution in [3.63, 3.8) is 0 Å². The molecule has 0 radical (unpaired) electrons. The molecule has 68 valence electrons. The van der Waals surface area contributed by atoms with Crippen molar-refractivity contribution in [2.24, 2.45) is 5.92 Å². The highest BCUT2D eigenvalue weighted by atomic mass is 16.1. The van der Waals surface area contributed by atoms with E-state index in [2.05, 4.69) is 6.92 Å². The van der Waals surface area contributed by atoms with Gasteiger partial charge in [-0.2, -0.15) is 0 Å². The number of piperidine rings is 1. The number of likely N-dealkylation sites (tertiary alicyclic amines) is 1. The molecule has 0 spiro atoms. The molecule has 0 N–H and O–H groups in total. The van der Waals surface area contributed by atoms with Crippen molar-refractivity contribution in [1.29, 1.82) is 0 Å². The van der Waals surface area contributed by atoms with Crippen LogP contribution < -0.4 is 0 Å². The minimum absolute atomic E-state index is 0.241. The van der Waals surface area contributed by atoms with Crippen LogP contribution in [0.4, 0.5) is 4.79 Å². The number of carbonyl (C=O) groups is 1. The second kappa shape index (κ2) is 4.53. The Morgan fingerprint density at radius 2 is 2.08 bits per heavy atom. The molecule has 1 saturated heterocycles. The highest BCUT2D eigenvalue weighted by Gasteiger charge is 2.19. The number of amides is 1. The lowest BCUT2D eigenvalue weighted by molar-refractivity contribution is 0.188. The van der Waals surface area contributed by atoms with E-state index >= 15 is 0 Å². The lowest BCUT2D eigenvalue weighted by atomic mass is 9.91. The molecule has 0 aliphatic carbocycles. The number of carbonyl (C=O) groups excluding carboxylic acids is 1. The smallest absolute Gasteiger partial charge is 0.215 e. The third kappa shape index (κ3) is 2.54. The zero-order valence-electron chi connectivity index (χ0n) is 8.18. The van der Waals surface area contributed by atoms with Crippen LogP contribution in [0.2, 0.25) is 0 Å². The van der Waals surface area contributed by atoms with Gasteiger partial charge in [0.2, 0.25) is 7.85 Å². The maximum absolute atomic E-state index is 11.0. The SMILES string of the molecule is BC(=O)N1CCC(CCC)CC1. The number of hydrogen-bond acceptors (Lipinski definition) is 1. The van der Waals surface area contributed by atoms with E-state index in [4.69, 9.17) is 0 Å². The van der Waals surface area contributed by atoms with Gasteiger partial charge >= 0.3 is 0 Å². The second-order valence-electron chi connectivity index (χ2n) is 3.74. The van der Waals surface area contributed by atoms with Gasteiger partial charge in [0.25, 0.3) is 0 Å². The van der Waals surface area contributed by atoms with Crippen LogP contribution in [0.5, 0.6) is 0 Å². The van der Waals surface area contributed by atoms with Crippen LogP contribution in [-0.2, 0) is 0 Å². The van der Waals surface area contributed by atoms with Crippen LogP contribution in [0, 0.1) is 5.92 Å². The summed E-state index contributed by atoms with van der Waals surface area (Å²) in [6, 6.07) is 0. The minimum atomic E-state index is 0.241. The minimum Gasteiger partial charge on any atom is -0.352 e. The summed E-state index contributed by atoms with van der Waals surface area (Å²) in [4.78, 5) is 13.0. The second-order valence-corrected chi connectivity index (χ2v) is 3.74. The van der Waals surface area contributed by atoms with E-state index in [0.29, 0.717) is 0 Å². The molecule has 0 unspecified atom stereocenters. The van der Waals surface area contributed by atoms with Crippen molar-refractivity contribution in [1.82, 2.24) is 4.90 Å². The van der Waals surface area contributed by atoms with E-state index in [-0.39, 0.29) is 5.81 Å². The fraction of sp³-hybridized carbons (Fsp3) is 0.889. The Hall–Kier alpha value is -0.465. The van der Waals surface area contributed by atoms with Gasteiger partial charge in [-0.25, -0.2) is 0 Å². The molecule has 3 heteroatoms. The summed E-state index contributed by atoms with van der Waals surface area (Å²) in [6.07, 6.45) is 5.05. The maximum atomic E-state index is 11.0. The molecule has 0 aromatic heterocycles. The standard InChI is InChI=1S/C9H18BNO/c1-2-3-8-4-6-11(7-5-8)9(10)12/h8H,2-7,10H2,1H3. The van der Waals surface area contributed by atoms with E-state index in [1.165, 1.54) is 25.7 Å². The molecule has 1 rings (SSSR count). The fourth-order valence-electron chi connectivity index (χ4n) is 1.94. The van der Waals surface area contributed by atoms with Crippen LogP contribution in [0.25, 0.3) is 0 Å². The Kier molecular flexibility index (Phi) is 3.64. The monoisotopic (exact) mass is 167 g/mol. The van der Waals surface area contributed by atoms with Crippen molar-refractivity contribution in [3.05, 3.63) is 0 Å². The van der Waals surface area contributed by atoms with Gasteiger partial charge < -0.3 is 4.90 Å². The molecule has 1 aliphatic rings. The molecule has 12 heavy (non-hydrogen) atoms. The third-order valence-corrected chi connectivity index (χ3v) is 2.76. The normalized spacial score (nSPS) is 19.6. The first-order chi connectivity index (χ1) is 5.74. The first kappa shape index (κ1) is 9.62. The van der Waals surface area contributed by atoms with Gasteiger partial charge in [0, 0.05) is 13.1 Å². The molecule has 1 amide bonds. The van der Waals surface area contributed by atoms with Gasteiger partial charge in [-0.05, 0) is 18.8 Å². The summed E-state index contributed by atoms with van der Waals surface area (Å²) in [5, 5.41) is 0. The van der Waals surface area contributed by atoms with Gasteiger partial charge in [0.15, 0.2) is 5.81 Å². The van der Waals surface area contributed by atoms with Crippen LogP contribution in [-0.4, -0.2) is 31.6 Å². The summed E-state index contributed by atoms with van der Waals surface area (Å²) in [7, 11) is 1.67. The number of rotatable bonds is 2. The third-order valence-electron chi connectivity index (χ3n) is 2.76. The van der Waals surface area contributed by atoms with Crippen molar-refractivity contribution >= 4 is 13.7 Å². The largest absolute Gasteiger partial charge is 0.352 e. The average molecular weight is 167 g/mol. The molecule has 1 fully saturated rings. The summed E-state index contributed by atoms with van der Waals surface area (Å²) < 4.78 is 0. The summed E-state index contributed by atoms with van der Waals surface area (Å²) in [5.74, 6) is 1.12. The van der Waals surface area contributed by atoms with E-state index in [9.17, 15) is 4.79 Å². The highest BCUT2D eigenvalue weighted by molar-refractivity contribution is 6.56. The van der Waals surface area contributed by atoms with Crippen LogP contribution >= 0.6 is 0 Å². The first-order valence-corrected chi connectivity index (χ1v) is 4.99. The van der Waals surface area contributed by atoms with E-state index in [0.717, 1.165) is 19.0 Å². The predicted octanol–water partition coefficient (Wildman–Crippen LogP) is 1.25. The molecule has 0 bridgehead atoms.